The van der Waals surface area contributed by atoms with Crippen LogP contribution in [-0.4, -0.2) is 43.2 Å². The van der Waals surface area contributed by atoms with Gasteiger partial charge >= 0.3 is 6.18 Å². The van der Waals surface area contributed by atoms with Crippen molar-refractivity contribution in [2.24, 2.45) is 0 Å². The van der Waals surface area contributed by atoms with Gasteiger partial charge in [0.1, 0.15) is 21.7 Å². The molecular weight excluding hydrogens is 494 g/mol. The van der Waals surface area contributed by atoms with E-state index in [4.69, 9.17) is 11.6 Å². The Bertz CT molecular complexity index is 1430. The summed E-state index contributed by atoms with van der Waals surface area (Å²) in [6.45, 7) is 0.326. The van der Waals surface area contributed by atoms with E-state index in [1.165, 1.54) is 47.0 Å². The van der Waals surface area contributed by atoms with E-state index in [1.807, 2.05) is 0 Å². The second-order valence-electron chi connectivity index (χ2n) is 7.49. The van der Waals surface area contributed by atoms with Gasteiger partial charge in [-0.3, -0.25) is 14.2 Å². The first-order valence-electron chi connectivity index (χ1n) is 10.0. The lowest BCUT2D eigenvalue weighted by Gasteiger charge is -2.25. The first kappa shape index (κ1) is 22.5. The fraction of sp³-hybridized carbons (Fsp3) is 0.182. The molecule has 0 radical (unpaired) electrons. The summed E-state index contributed by atoms with van der Waals surface area (Å²) in [5, 5.41) is 1.79. The molecule has 0 unspecified atom stereocenters. The summed E-state index contributed by atoms with van der Waals surface area (Å²) in [7, 11) is 0. The molecule has 4 aromatic rings. The smallest absolute Gasteiger partial charge is 0.333 e. The number of carbonyl (C=O) groups excluding carboxylic acids is 1. The van der Waals surface area contributed by atoms with Gasteiger partial charge in [0, 0.05) is 42.6 Å². The summed E-state index contributed by atoms with van der Waals surface area (Å²) >= 11 is 7.54. The number of carbonyl (C=O) groups is 1. The first-order chi connectivity index (χ1) is 16.2. The maximum absolute atomic E-state index is 14.0. The number of pyridine rings is 2. The lowest BCUT2D eigenvalue weighted by atomic mass is 10.0. The highest BCUT2D eigenvalue weighted by Crippen LogP contribution is 2.37. The van der Waals surface area contributed by atoms with Crippen LogP contribution in [0.3, 0.4) is 0 Å². The number of nitrogens with zero attached hydrogens (tertiary/aromatic N) is 5. The van der Waals surface area contributed by atoms with Crippen molar-refractivity contribution in [3.05, 3.63) is 76.2 Å². The van der Waals surface area contributed by atoms with Crippen LogP contribution in [0.2, 0.25) is 5.15 Å². The van der Waals surface area contributed by atoms with Gasteiger partial charge in [0.2, 0.25) is 0 Å². The number of aromatic nitrogens is 4. The number of imidazole rings is 1. The minimum absolute atomic E-state index is 0.116. The number of hydrogen-bond donors (Lipinski definition) is 0. The Morgan fingerprint density at radius 1 is 1.21 bits per heavy atom. The summed E-state index contributed by atoms with van der Waals surface area (Å²) in [6, 6.07) is 3.73. The van der Waals surface area contributed by atoms with Crippen LogP contribution in [-0.2, 0) is 6.18 Å². The summed E-state index contributed by atoms with van der Waals surface area (Å²) in [4.78, 5) is 26.6. The summed E-state index contributed by atoms with van der Waals surface area (Å²) in [6.07, 6.45) is 1.61. The van der Waals surface area contributed by atoms with Crippen molar-refractivity contribution in [2.75, 3.05) is 13.1 Å². The maximum Gasteiger partial charge on any atom is 0.420 e. The molecule has 5 rings (SSSR count). The highest BCUT2D eigenvalue weighted by atomic mass is 35.5. The van der Waals surface area contributed by atoms with Crippen molar-refractivity contribution < 1.29 is 22.4 Å². The van der Waals surface area contributed by atoms with Crippen LogP contribution in [0.1, 0.15) is 28.2 Å². The predicted molar refractivity (Wildman–Crippen MR) is 119 cm³/mol. The van der Waals surface area contributed by atoms with Crippen LogP contribution in [0.4, 0.5) is 17.6 Å². The third kappa shape index (κ3) is 3.94. The van der Waals surface area contributed by atoms with E-state index in [9.17, 15) is 22.4 Å². The highest BCUT2D eigenvalue weighted by Gasteiger charge is 2.37. The van der Waals surface area contributed by atoms with E-state index in [-0.39, 0.29) is 35.2 Å². The fourth-order valence-electron chi connectivity index (χ4n) is 3.79. The van der Waals surface area contributed by atoms with Gasteiger partial charge in [0.25, 0.3) is 5.91 Å². The Balaban J connectivity index is 1.51. The van der Waals surface area contributed by atoms with Gasteiger partial charge in [0.15, 0.2) is 11.3 Å². The normalized spacial score (nSPS) is 14.5. The number of hydrogen-bond acceptors (Lipinski definition) is 5. The van der Waals surface area contributed by atoms with Crippen LogP contribution in [0.15, 0.2) is 48.2 Å². The Hall–Kier alpha value is -3.31. The molecule has 0 fully saturated rings. The Labute approximate surface area is 199 Å². The summed E-state index contributed by atoms with van der Waals surface area (Å²) in [5.74, 6) is -1.08. The van der Waals surface area contributed by atoms with Crippen molar-refractivity contribution in [1.29, 1.82) is 0 Å². The second-order valence-corrected chi connectivity index (χ2v) is 8.74. The summed E-state index contributed by atoms with van der Waals surface area (Å²) < 4.78 is 56.5. The van der Waals surface area contributed by atoms with Gasteiger partial charge in [-0.2, -0.15) is 13.2 Å². The van der Waals surface area contributed by atoms with Crippen LogP contribution in [0.25, 0.3) is 21.8 Å². The Morgan fingerprint density at radius 2 is 2.03 bits per heavy atom. The average Bonchev–Trinajstić information content (AvgIpc) is 3.47. The number of amides is 1. The largest absolute Gasteiger partial charge is 0.420 e. The number of thiazole rings is 1. The molecule has 6 nitrogen and oxygen atoms in total. The number of fused-ring (bicyclic) bond motifs is 1. The van der Waals surface area contributed by atoms with Gasteiger partial charge in [-0.15, -0.1) is 11.3 Å². The molecule has 0 saturated carbocycles. The van der Waals surface area contributed by atoms with E-state index >= 15 is 0 Å². The molecule has 1 amide bonds. The van der Waals surface area contributed by atoms with E-state index in [1.54, 1.807) is 11.5 Å². The van der Waals surface area contributed by atoms with Crippen molar-refractivity contribution in [1.82, 2.24) is 24.3 Å². The van der Waals surface area contributed by atoms with Crippen LogP contribution >= 0.6 is 22.9 Å². The molecule has 0 N–H and O–H groups in total. The van der Waals surface area contributed by atoms with E-state index in [0.29, 0.717) is 17.0 Å². The summed E-state index contributed by atoms with van der Waals surface area (Å²) in [5.41, 5.74) is -0.710. The van der Waals surface area contributed by atoms with E-state index in [2.05, 4.69) is 15.0 Å². The lowest BCUT2D eigenvalue weighted by Crippen LogP contribution is -2.35. The molecule has 1 aliphatic heterocycles. The third-order valence-electron chi connectivity index (χ3n) is 5.41. The standard InChI is InChI=1S/C22H14ClF4N5OS/c23-18-17(21(33)31-7-3-12(4-8-31)16-15(24)2-1-5-28-16)30-19-14(22(25,26)27)10-13(11-32(18)19)20-29-6-9-34-20/h1-3,5-6,9-11H,4,7-8H2. The predicted octanol–water partition coefficient (Wildman–Crippen LogP) is 5.59. The van der Waals surface area contributed by atoms with Crippen molar-refractivity contribution in [2.45, 2.75) is 12.6 Å². The van der Waals surface area contributed by atoms with E-state index < -0.39 is 29.1 Å². The minimum atomic E-state index is -4.72. The van der Waals surface area contributed by atoms with Gasteiger partial charge in [-0.05, 0) is 30.2 Å². The molecular formula is C22H14ClF4N5OS. The number of alkyl halides is 3. The third-order valence-corrected chi connectivity index (χ3v) is 6.59. The molecule has 0 atom stereocenters. The second kappa shape index (κ2) is 8.48. The maximum atomic E-state index is 14.0. The van der Waals surface area contributed by atoms with Gasteiger partial charge in [0.05, 0.1) is 5.56 Å². The number of halogens is 5. The zero-order valence-electron chi connectivity index (χ0n) is 17.2. The molecule has 0 aromatic carbocycles. The molecule has 0 saturated heterocycles. The number of rotatable bonds is 3. The molecule has 0 bridgehead atoms. The molecule has 5 heterocycles. The quantitative estimate of drug-likeness (QED) is 0.339. The minimum Gasteiger partial charge on any atom is -0.333 e. The topological polar surface area (TPSA) is 63.4 Å². The molecule has 0 aliphatic carbocycles. The van der Waals surface area contributed by atoms with Crippen molar-refractivity contribution in [3.63, 3.8) is 0 Å². The fourth-order valence-corrected chi connectivity index (χ4v) is 4.66. The highest BCUT2D eigenvalue weighted by molar-refractivity contribution is 7.13. The van der Waals surface area contributed by atoms with Crippen LogP contribution in [0, 0.1) is 5.82 Å². The van der Waals surface area contributed by atoms with Gasteiger partial charge in [-0.25, -0.2) is 14.4 Å². The van der Waals surface area contributed by atoms with Crippen molar-refractivity contribution in [3.8, 4) is 10.6 Å². The lowest BCUT2D eigenvalue weighted by molar-refractivity contribution is -0.136. The molecule has 0 spiro atoms. The zero-order valence-corrected chi connectivity index (χ0v) is 18.8. The van der Waals surface area contributed by atoms with Gasteiger partial charge < -0.3 is 4.90 Å². The van der Waals surface area contributed by atoms with E-state index in [0.717, 1.165) is 10.5 Å². The zero-order chi connectivity index (χ0) is 24.0. The van der Waals surface area contributed by atoms with Gasteiger partial charge in [-0.1, -0.05) is 17.7 Å². The molecule has 34 heavy (non-hydrogen) atoms. The van der Waals surface area contributed by atoms with Crippen molar-refractivity contribution >= 4 is 40.1 Å². The molecule has 1 aliphatic rings. The molecule has 174 valence electrons. The monoisotopic (exact) mass is 507 g/mol. The Morgan fingerprint density at radius 3 is 2.68 bits per heavy atom. The SMILES string of the molecule is O=C(c1nc2c(C(F)(F)F)cc(-c3nccs3)cn2c1Cl)N1CC=C(c2ncccc2F)CC1. The first-order valence-corrected chi connectivity index (χ1v) is 11.3. The average molecular weight is 508 g/mol. The van der Waals surface area contributed by atoms with Crippen LogP contribution < -0.4 is 0 Å². The van der Waals surface area contributed by atoms with Crippen LogP contribution in [0.5, 0.6) is 0 Å². The Kier molecular flexibility index (Phi) is 5.61. The molecule has 4 aromatic heterocycles. The molecule has 12 heteroatoms.